The number of aryl methyl sites for hydroxylation is 2. The van der Waals surface area contributed by atoms with Gasteiger partial charge in [-0.3, -0.25) is 0 Å². The van der Waals surface area contributed by atoms with Crippen LogP contribution in [-0.4, -0.2) is 23.6 Å². The number of hydrogen-bond acceptors (Lipinski definition) is 4. The standard InChI is InChI=1S/C20H14F4OS.CHF3O3S/c1-11-3-17(4-12(2)20(11)25)26(18-7-13(21)5-14(22)8-18)19-9-15(23)6-16(24)10-19;2-1(3,4)8(5,6)7/h3-10H,1-2H3;(H,5,6,7). The zero-order valence-electron chi connectivity index (χ0n) is 17.3. The second kappa shape index (κ2) is 10.2. The third-order valence-electron chi connectivity index (χ3n) is 4.13. The average molecular weight is 528 g/mol. The van der Waals surface area contributed by atoms with E-state index in [9.17, 15) is 35.8 Å². The number of halogens is 7. The Morgan fingerprint density at radius 2 is 0.971 bits per heavy atom. The summed E-state index contributed by atoms with van der Waals surface area (Å²) in [7, 11) is -7.25. The van der Waals surface area contributed by atoms with Gasteiger partial charge in [-0.2, -0.15) is 13.2 Å². The molecule has 0 amide bonds. The molecule has 34 heavy (non-hydrogen) atoms. The summed E-state index contributed by atoms with van der Waals surface area (Å²) in [6.45, 7) is 3.37. The van der Waals surface area contributed by atoms with Crippen LogP contribution in [0.3, 0.4) is 0 Å². The smallest absolute Gasteiger partial charge is 0.485 e. The molecular weight excluding hydrogens is 513 g/mol. The van der Waals surface area contributed by atoms with E-state index < -0.39 is 49.8 Å². The molecule has 3 aromatic carbocycles. The predicted octanol–water partition coefficient (Wildman–Crippen LogP) is 5.71. The Balaban J connectivity index is 0.000000440. The van der Waals surface area contributed by atoms with Crippen LogP contribution in [0.2, 0.25) is 0 Å². The van der Waals surface area contributed by atoms with Gasteiger partial charge in [-0.05, 0) is 25.0 Å². The molecule has 0 bridgehead atoms. The summed E-state index contributed by atoms with van der Waals surface area (Å²) in [5.74, 6) is -3.00. The number of alkyl halides is 3. The number of benzene rings is 3. The lowest BCUT2D eigenvalue weighted by Gasteiger charge is -2.11. The molecular formula is C21H15F7O4S2. The van der Waals surface area contributed by atoms with Crippen molar-refractivity contribution in [2.45, 2.75) is 34.0 Å². The molecule has 3 rings (SSSR count). The van der Waals surface area contributed by atoms with Gasteiger partial charge in [-0.25, -0.2) is 26.0 Å². The first kappa shape index (κ1) is 27.5. The van der Waals surface area contributed by atoms with Gasteiger partial charge < -0.3 is 9.66 Å². The Morgan fingerprint density at radius 3 is 1.24 bits per heavy atom. The third kappa shape index (κ3) is 6.87. The summed E-state index contributed by atoms with van der Waals surface area (Å²) in [6.07, 6.45) is 0. The summed E-state index contributed by atoms with van der Waals surface area (Å²) in [5.41, 5.74) is -4.52. The van der Waals surface area contributed by atoms with Crippen molar-refractivity contribution in [1.82, 2.24) is 0 Å². The number of aromatic hydroxyl groups is 1. The van der Waals surface area contributed by atoms with Crippen LogP contribution in [-0.2, 0) is 21.0 Å². The molecule has 0 aliphatic rings. The van der Waals surface area contributed by atoms with Gasteiger partial charge in [0.05, 0.1) is 10.9 Å². The fraction of sp³-hybridized carbons (Fsp3) is 0.143. The van der Waals surface area contributed by atoms with Gasteiger partial charge in [0.15, 0.2) is 24.8 Å². The predicted molar refractivity (Wildman–Crippen MR) is 108 cm³/mol. The second-order valence-corrected chi connectivity index (χ2v) is 10.2. The Hall–Kier alpha value is -2.77. The highest BCUT2D eigenvalue weighted by Crippen LogP contribution is 2.36. The molecule has 0 aromatic heterocycles. The van der Waals surface area contributed by atoms with Gasteiger partial charge in [0.25, 0.3) is 0 Å². The molecule has 13 heteroatoms. The first-order valence-corrected chi connectivity index (χ1v) is 11.6. The molecule has 0 spiro atoms. The van der Waals surface area contributed by atoms with Gasteiger partial charge in [0.2, 0.25) is 0 Å². The van der Waals surface area contributed by atoms with Crippen molar-refractivity contribution in [2.75, 3.05) is 0 Å². The van der Waals surface area contributed by atoms with E-state index >= 15 is 0 Å². The first-order chi connectivity index (χ1) is 15.5. The van der Waals surface area contributed by atoms with E-state index in [1.54, 1.807) is 26.0 Å². The highest BCUT2D eigenvalue weighted by molar-refractivity contribution is 7.97. The Bertz CT molecular complexity index is 1190. The largest absolute Gasteiger partial charge is 0.741 e. The van der Waals surface area contributed by atoms with Crippen molar-refractivity contribution in [2.24, 2.45) is 0 Å². The highest BCUT2D eigenvalue weighted by atomic mass is 32.2. The van der Waals surface area contributed by atoms with E-state index in [4.69, 9.17) is 13.0 Å². The Kier molecular flexibility index (Phi) is 8.27. The molecule has 1 N–H and O–H groups in total. The number of hydrogen-bond donors (Lipinski definition) is 1. The monoisotopic (exact) mass is 528 g/mol. The summed E-state index contributed by atoms with van der Waals surface area (Å²) >= 11 is 0. The molecule has 0 radical (unpaired) electrons. The number of phenols is 1. The minimum Gasteiger partial charge on any atom is -0.741 e. The molecule has 3 aromatic rings. The van der Waals surface area contributed by atoms with Crippen molar-refractivity contribution in [3.05, 3.63) is 82.9 Å². The molecule has 0 saturated carbocycles. The van der Waals surface area contributed by atoms with E-state index in [0.29, 0.717) is 16.0 Å². The summed E-state index contributed by atoms with van der Waals surface area (Å²) in [5, 5.41) is 9.99. The highest BCUT2D eigenvalue weighted by Gasteiger charge is 2.37. The minimum absolute atomic E-state index is 0.105. The maximum atomic E-state index is 13.8. The molecule has 0 heterocycles. The van der Waals surface area contributed by atoms with Gasteiger partial charge >= 0.3 is 5.51 Å². The topological polar surface area (TPSA) is 77.4 Å². The van der Waals surface area contributed by atoms with E-state index in [-0.39, 0.29) is 15.5 Å². The Labute approximate surface area is 192 Å². The van der Waals surface area contributed by atoms with Gasteiger partial charge in [-0.1, -0.05) is 0 Å². The summed E-state index contributed by atoms with van der Waals surface area (Å²) in [6, 6.07) is 9.36. The van der Waals surface area contributed by atoms with E-state index in [1.165, 1.54) is 0 Å². The SMILES string of the molecule is Cc1cc([S+](c2cc(F)cc(F)c2)c2cc(F)cc(F)c2)cc(C)c1O.O=S(=O)([O-])C(F)(F)F. The van der Waals surface area contributed by atoms with Gasteiger partial charge in [0, 0.05) is 48.5 Å². The minimum atomic E-state index is -6.09. The van der Waals surface area contributed by atoms with Crippen LogP contribution in [0.25, 0.3) is 0 Å². The molecule has 0 saturated heterocycles. The quantitative estimate of drug-likeness (QED) is 0.204. The van der Waals surface area contributed by atoms with Crippen LogP contribution >= 0.6 is 0 Å². The molecule has 0 aliphatic heterocycles. The normalized spacial score (nSPS) is 11.9. The van der Waals surface area contributed by atoms with Crippen LogP contribution < -0.4 is 0 Å². The van der Waals surface area contributed by atoms with Crippen LogP contribution in [0.1, 0.15) is 11.1 Å². The average Bonchev–Trinajstić information content (AvgIpc) is 2.63. The van der Waals surface area contributed by atoms with Crippen molar-refractivity contribution < 1.29 is 48.8 Å². The van der Waals surface area contributed by atoms with Crippen molar-refractivity contribution >= 4 is 21.0 Å². The lowest BCUT2D eigenvalue weighted by molar-refractivity contribution is -0.0517. The van der Waals surface area contributed by atoms with Crippen LogP contribution in [0, 0.1) is 37.1 Å². The zero-order chi connectivity index (χ0) is 26.0. The first-order valence-electron chi connectivity index (χ1n) is 8.98. The lowest BCUT2D eigenvalue weighted by Crippen LogP contribution is -2.21. The van der Waals surface area contributed by atoms with Crippen molar-refractivity contribution in [3.63, 3.8) is 0 Å². The second-order valence-electron chi connectivity index (χ2n) is 6.82. The molecule has 0 fully saturated rings. The number of rotatable bonds is 3. The zero-order valence-corrected chi connectivity index (χ0v) is 18.9. The fourth-order valence-electron chi connectivity index (χ4n) is 2.74. The lowest BCUT2D eigenvalue weighted by atomic mass is 10.1. The van der Waals surface area contributed by atoms with E-state index in [2.05, 4.69) is 0 Å². The molecule has 0 aliphatic carbocycles. The van der Waals surface area contributed by atoms with Crippen LogP contribution in [0.15, 0.2) is 63.2 Å². The van der Waals surface area contributed by atoms with Crippen molar-refractivity contribution in [3.8, 4) is 5.75 Å². The fourth-order valence-corrected chi connectivity index (χ4v) is 5.06. The van der Waals surface area contributed by atoms with Gasteiger partial charge in [0.1, 0.15) is 29.0 Å². The summed E-state index contributed by atoms with van der Waals surface area (Å²) < 4.78 is 114. The van der Waals surface area contributed by atoms with Crippen molar-refractivity contribution in [1.29, 1.82) is 0 Å². The molecule has 0 unspecified atom stereocenters. The summed E-state index contributed by atoms with van der Waals surface area (Å²) in [4.78, 5) is 1.08. The van der Waals surface area contributed by atoms with Crippen LogP contribution in [0.5, 0.6) is 5.75 Å². The maximum absolute atomic E-state index is 13.8. The van der Waals surface area contributed by atoms with E-state index in [0.717, 1.165) is 36.4 Å². The maximum Gasteiger partial charge on any atom is 0.485 e. The Morgan fingerprint density at radius 1 is 0.706 bits per heavy atom. The van der Waals surface area contributed by atoms with Crippen LogP contribution in [0.4, 0.5) is 30.7 Å². The van der Waals surface area contributed by atoms with E-state index in [1.807, 2.05) is 0 Å². The van der Waals surface area contributed by atoms with Gasteiger partial charge in [-0.15, -0.1) is 0 Å². The number of phenolic OH excluding ortho intramolecular Hbond substituents is 1. The molecule has 0 atom stereocenters. The molecule has 184 valence electrons. The third-order valence-corrected chi connectivity index (χ3v) is 6.82. The molecule has 4 nitrogen and oxygen atoms in total.